The van der Waals surface area contributed by atoms with Gasteiger partial charge >= 0.3 is 5.97 Å². The smallest absolute Gasteiger partial charge is 0.345 e. The minimum absolute atomic E-state index is 0.297. The Labute approximate surface area is 120 Å². The SMILES string of the molecule is N#Cc1ccc(Br)cc1Sc1csc(C(=O)O)c1. The lowest BCUT2D eigenvalue weighted by atomic mass is 10.2. The van der Waals surface area contributed by atoms with Crippen LogP contribution in [0.2, 0.25) is 0 Å². The van der Waals surface area contributed by atoms with Crippen LogP contribution in [0.3, 0.4) is 0 Å². The number of halogens is 1. The summed E-state index contributed by atoms with van der Waals surface area (Å²) in [5.41, 5.74) is 0.575. The molecule has 0 amide bonds. The molecule has 2 rings (SSSR count). The van der Waals surface area contributed by atoms with Gasteiger partial charge in [-0.15, -0.1) is 11.3 Å². The predicted octanol–water partition coefficient (Wildman–Crippen LogP) is 4.23. The summed E-state index contributed by atoms with van der Waals surface area (Å²) in [6.45, 7) is 0. The van der Waals surface area contributed by atoms with Crippen LogP contribution in [-0.2, 0) is 0 Å². The van der Waals surface area contributed by atoms with E-state index in [0.29, 0.717) is 10.4 Å². The normalized spacial score (nSPS) is 10.0. The molecule has 1 heterocycles. The molecule has 1 aromatic carbocycles. The summed E-state index contributed by atoms with van der Waals surface area (Å²) in [6, 6.07) is 9.11. The second-order valence-electron chi connectivity index (χ2n) is 3.31. The maximum atomic E-state index is 10.8. The highest BCUT2D eigenvalue weighted by molar-refractivity contribution is 9.10. The van der Waals surface area contributed by atoms with E-state index in [1.807, 2.05) is 6.07 Å². The molecule has 0 saturated heterocycles. The first-order valence-corrected chi connectivity index (χ1v) is 7.28. The van der Waals surface area contributed by atoms with Crippen molar-refractivity contribution in [3.63, 3.8) is 0 Å². The van der Waals surface area contributed by atoms with Gasteiger partial charge < -0.3 is 5.11 Å². The summed E-state index contributed by atoms with van der Waals surface area (Å²) >= 11 is 5.92. The van der Waals surface area contributed by atoms with Crippen molar-refractivity contribution >= 4 is 45.0 Å². The molecule has 3 nitrogen and oxygen atoms in total. The van der Waals surface area contributed by atoms with Crippen LogP contribution >= 0.6 is 39.0 Å². The van der Waals surface area contributed by atoms with E-state index in [9.17, 15) is 4.79 Å². The lowest BCUT2D eigenvalue weighted by Gasteiger charge is -2.02. The number of aromatic carboxylic acids is 1. The molecule has 0 bridgehead atoms. The molecule has 0 saturated carbocycles. The number of benzene rings is 1. The number of carboxylic acids is 1. The zero-order valence-corrected chi connectivity index (χ0v) is 12.1. The van der Waals surface area contributed by atoms with Crippen molar-refractivity contribution in [2.45, 2.75) is 9.79 Å². The van der Waals surface area contributed by atoms with E-state index in [4.69, 9.17) is 10.4 Å². The molecule has 0 aliphatic heterocycles. The molecule has 0 aliphatic rings. The lowest BCUT2D eigenvalue weighted by Crippen LogP contribution is -1.89. The number of thiophene rings is 1. The third kappa shape index (κ3) is 2.93. The summed E-state index contributed by atoms with van der Waals surface area (Å²) in [5, 5.41) is 19.6. The third-order valence-corrected chi connectivity index (χ3v) is 4.67. The summed E-state index contributed by atoms with van der Waals surface area (Å²) in [4.78, 5) is 12.7. The van der Waals surface area contributed by atoms with E-state index in [1.54, 1.807) is 23.6 Å². The van der Waals surface area contributed by atoms with E-state index in [-0.39, 0.29) is 0 Å². The summed E-state index contributed by atoms with van der Waals surface area (Å²) in [7, 11) is 0. The van der Waals surface area contributed by atoms with E-state index in [1.165, 1.54) is 23.1 Å². The van der Waals surface area contributed by atoms with Crippen LogP contribution in [0.15, 0.2) is 43.9 Å². The van der Waals surface area contributed by atoms with Gasteiger partial charge in [-0.25, -0.2) is 4.79 Å². The first-order valence-electron chi connectivity index (χ1n) is 4.79. The third-order valence-electron chi connectivity index (χ3n) is 2.08. The molecular formula is C12H6BrNO2S2. The van der Waals surface area contributed by atoms with Gasteiger partial charge in [0.2, 0.25) is 0 Å². The molecule has 0 fully saturated rings. The Morgan fingerprint density at radius 1 is 1.44 bits per heavy atom. The van der Waals surface area contributed by atoms with Gasteiger partial charge in [-0.2, -0.15) is 5.26 Å². The number of nitriles is 1. The van der Waals surface area contributed by atoms with Gasteiger partial charge in [0.25, 0.3) is 0 Å². The Balaban J connectivity index is 2.30. The summed E-state index contributed by atoms with van der Waals surface area (Å²) in [6.07, 6.45) is 0. The maximum Gasteiger partial charge on any atom is 0.345 e. The van der Waals surface area contributed by atoms with Crippen LogP contribution < -0.4 is 0 Å². The topological polar surface area (TPSA) is 61.1 Å². The fourth-order valence-electron chi connectivity index (χ4n) is 1.28. The zero-order chi connectivity index (χ0) is 13.1. The minimum atomic E-state index is -0.929. The van der Waals surface area contributed by atoms with Gasteiger partial charge in [-0.3, -0.25) is 0 Å². The molecule has 2 aromatic rings. The van der Waals surface area contributed by atoms with Gasteiger partial charge in [-0.1, -0.05) is 27.7 Å². The van der Waals surface area contributed by atoms with Crippen molar-refractivity contribution in [1.82, 2.24) is 0 Å². The van der Waals surface area contributed by atoms with E-state index in [0.717, 1.165) is 14.3 Å². The second kappa shape index (κ2) is 5.57. The van der Waals surface area contributed by atoms with Gasteiger partial charge in [0.1, 0.15) is 10.9 Å². The Bertz CT molecular complexity index is 646. The van der Waals surface area contributed by atoms with Gasteiger partial charge in [0, 0.05) is 19.6 Å². The lowest BCUT2D eigenvalue weighted by molar-refractivity contribution is 0.0702. The fraction of sp³-hybridized carbons (Fsp3) is 0. The zero-order valence-electron chi connectivity index (χ0n) is 8.88. The summed E-state index contributed by atoms with van der Waals surface area (Å²) < 4.78 is 0.887. The van der Waals surface area contributed by atoms with Crippen molar-refractivity contribution in [3.05, 3.63) is 44.6 Å². The standard InChI is InChI=1S/C12H6BrNO2S2/c13-8-2-1-7(5-14)10(3-8)18-9-4-11(12(15)16)17-6-9/h1-4,6H,(H,15,16). The molecule has 6 heteroatoms. The van der Waals surface area contributed by atoms with Crippen LogP contribution in [0.4, 0.5) is 0 Å². The van der Waals surface area contributed by atoms with Crippen LogP contribution in [0, 0.1) is 11.3 Å². The first-order chi connectivity index (χ1) is 8.60. The average Bonchev–Trinajstić information content (AvgIpc) is 2.78. The number of hydrogen-bond acceptors (Lipinski definition) is 4. The quantitative estimate of drug-likeness (QED) is 0.908. The molecule has 90 valence electrons. The van der Waals surface area contributed by atoms with Crippen molar-refractivity contribution in [3.8, 4) is 6.07 Å². The van der Waals surface area contributed by atoms with Crippen molar-refractivity contribution in [2.75, 3.05) is 0 Å². The van der Waals surface area contributed by atoms with Gasteiger partial charge in [0.15, 0.2) is 0 Å². The highest BCUT2D eigenvalue weighted by atomic mass is 79.9. The second-order valence-corrected chi connectivity index (χ2v) is 6.25. The monoisotopic (exact) mass is 339 g/mol. The van der Waals surface area contributed by atoms with Crippen LogP contribution in [0.25, 0.3) is 0 Å². The predicted molar refractivity (Wildman–Crippen MR) is 74.3 cm³/mol. The van der Waals surface area contributed by atoms with E-state index < -0.39 is 5.97 Å². The molecule has 1 aromatic heterocycles. The maximum absolute atomic E-state index is 10.8. The molecule has 1 N–H and O–H groups in total. The molecular weight excluding hydrogens is 334 g/mol. The highest BCUT2D eigenvalue weighted by Gasteiger charge is 2.10. The number of hydrogen-bond donors (Lipinski definition) is 1. The largest absolute Gasteiger partial charge is 0.477 e. The van der Waals surface area contributed by atoms with Crippen LogP contribution in [-0.4, -0.2) is 11.1 Å². The first kappa shape index (κ1) is 13.1. The Hall–Kier alpha value is -1.29. The number of carboxylic acid groups (broad SMARTS) is 1. The van der Waals surface area contributed by atoms with E-state index >= 15 is 0 Å². The fourth-order valence-corrected chi connectivity index (χ4v) is 3.66. The van der Waals surface area contributed by atoms with Crippen molar-refractivity contribution < 1.29 is 9.90 Å². The Morgan fingerprint density at radius 2 is 2.22 bits per heavy atom. The van der Waals surface area contributed by atoms with E-state index in [2.05, 4.69) is 22.0 Å². The number of carbonyl (C=O) groups is 1. The molecule has 0 aliphatic carbocycles. The molecule has 0 unspecified atom stereocenters. The number of rotatable bonds is 3. The van der Waals surface area contributed by atoms with Crippen molar-refractivity contribution in [1.29, 1.82) is 5.26 Å². The number of nitrogens with zero attached hydrogens (tertiary/aromatic N) is 1. The minimum Gasteiger partial charge on any atom is -0.477 e. The summed E-state index contributed by atoms with van der Waals surface area (Å²) in [5.74, 6) is -0.929. The molecule has 18 heavy (non-hydrogen) atoms. The molecule has 0 radical (unpaired) electrons. The highest BCUT2D eigenvalue weighted by Crippen LogP contribution is 2.34. The molecule has 0 atom stereocenters. The Kier molecular flexibility index (Phi) is 4.07. The van der Waals surface area contributed by atoms with Crippen LogP contribution in [0.1, 0.15) is 15.2 Å². The van der Waals surface area contributed by atoms with Gasteiger partial charge in [0.05, 0.1) is 5.56 Å². The molecule has 0 spiro atoms. The van der Waals surface area contributed by atoms with Crippen molar-refractivity contribution in [2.24, 2.45) is 0 Å². The van der Waals surface area contributed by atoms with Gasteiger partial charge in [-0.05, 0) is 24.3 Å². The average molecular weight is 340 g/mol. The Morgan fingerprint density at radius 3 is 2.83 bits per heavy atom. The van der Waals surface area contributed by atoms with Crippen LogP contribution in [0.5, 0.6) is 0 Å².